The third-order valence-electron chi connectivity index (χ3n) is 2.79. The highest BCUT2D eigenvalue weighted by Gasteiger charge is 2.30. The molecule has 0 saturated heterocycles. The number of hydrogen-bond donors (Lipinski definition) is 2. The molecule has 1 aromatic carbocycles. The second kappa shape index (κ2) is 5.83. The van der Waals surface area contributed by atoms with Crippen molar-refractivity contribution in [3.8, 4) is 0 Å². The number of carbonyl (C=O) groups is 1. The van der Waals surface area contributed by atoms with E-state index in [-0.39, 0.29) is 11.9 Å². The number of halogens is 3. The summed E-state index contributed by atoms with van der Waals surface area (Å²) in [7, 11) is 0. The van der Waals surface area contributed by atoms with Crippen LogP contribution >= 0.6 is 0 Å². The van der Waals surface area contributed by atoms with Gasteiger partial charge in [0.15, 0.2) is 0 Å². The van der Waals surface area contributed by atoms with Gasteiger partial charge < -0.3 is 11.1 Å². The van der Waals surface area contributed by atoms with Crippen molar-refractivity contribution in [3.05, 3.63) is 35.4 Å². The molecule has 0 aromatic heterocycles. The van der Waals surface area contributed by atoms with E-state index in [4.69, 9.17) is 5.73 Å². The lowest BCUT2D eigenvalue weighted by atomic mass is 10.0. The van der Waals surface area contributed by atoms with Crippen LogP contribution in [0.4, 0.5) is 13.2 Å². The van der Waals surface area contributed by atoms with Crippen molar-refractivity contribution in [2.24, 2.45) is 5.73 Å². The summed E-state index contributed by atoms with van der Waals surface area (Å²) in [6.45, 7) is 4.96. The van der Waals surface area contributed by atoms with Crippen LogP contribution in [0, 0.1) is 0 Å². The molecule has 0 aliphatic carbocycles. The topological polar surface area (TPSA) is 55.1 Å². The molecule has 3 N–H and O–H groups in total. The van der Waals surface area contributed by atoms with Crippen LogP contribution in [0.5, 0.6) is 0 Å². The zero-order chi connectivity index (χ0) is 15.6. The van der Waals surface area contributed by atoms with E-state index >= 15 is 0 Å². The molecule has 0 bridgehead atoms. The molecule has 0 aliphatic heterocycles. The van der Waals surface area contributed by atoms with E-state index in [9.17, 15) is 18.0 Å². The fourth-order valence-electron chi connectivity index (χ4n) is 1.64. The lowest BCUT2D eigenvalue weighted by molar-refractivity contribution is -0.137. The Kier molecular flexibility index (Phi) is 4.81. The molecule has 1 rings (SSSR count). The van der Waals surface area contributed by atoms with Crippen molar-refractivity contribution in [3.63, 3.8) is 0 Å². The third-order valence-corrected chi connectivity index (χ3v) is 2.79. The highest BCUT2D eigenvalue weighted by molar-refractivity contribution is 5.85. The first-order chi connectivity index (χ1) is 9.00. The SMILES string of the molecule is CC(Cc1ccc(C(F)(F)F)cc1)NC(=O)C(C)(C)N. The summed E-state index contributed by atoms with van der Waals surface area (Å²) in [6.07, 6.45) is -3.89. The fraction of sp³-hybridized carbons (Fsp3) is 0.500. The Balaban J connectivity index is 2.63. The Morgan fingerprint density at radius 3 is 2.15 bits per heavy atom. The van der Waals surface area contributed by atoms with Crippen LogP contribution in [0.2, 0.25) is 0 Å². The molecule has 1 aromatic rings. The average Bonchev–Trinajstić information content (AvgIpc) is 2.26. The van der Waals surface area contributed by atoms with Crippen LogP contribution < -0.4 is 11.1 Å². The highest BCUT2D eigenvalue weighted by Crippen LogP contribution is 2.29. The van der Waals surface area contributed by atoms with Crippen molar-refractivity contribution in [2.45, 2.75) is 44.9 Å². The normalized spacial score (nSPS) is 13.9. The number of nitrogens with two attached hydrogens (primary N) is 1. The Hall–Kier alpha value is -1.56. The predicted octanol–water partition coefficient (Wildman–Crippen LogP) is 2.49. The Bertz CT molecular complexity index is 461. The Labute approximate surface area is 116 Å². The molecule has 0 radical (unpaired) electrons. The van der Waals surface area contributed by atoms with Crippen LogP contribution in [-0.2, 0) is 17.4 Å². The number of rotatable bonds is 4. The molecular formula is C14H19F3N2O. The van der Waals surface area contributed by atoms with Crippen LogP contribution in [-0.4, -0.2) is 17.5 Å². The molecular weight excluding hydrogens is 269 g/mol. The van der Waals surface area contributed by atoms with E-state index in [1.807, 2.05) is 0 Å². The summed E-state index contributed by atoms with van der Waals surface area (Å²) in [6, 6.07) is 4.70. The summed E-state index contributed by atoms with van der Waals surface area (Å²) in [5.41, 5.74) is 4.72. The van der Waals surface area contributed by atoms with Gasteiger partial charge in [0, 0.05) is 6.04 Å². The van der Waals surface area contributed by atoms with Crippen molar-refractivity contribution >= 4 is 5.91 Å². The van der Waals surface area contributed by atoms with Gasteiger partial charge in [-0.25, -0.2) is 0 Å². The van der Waals surface area contributed by atoms with E-state index < -0.39 is 17.3 Å². The maximum atomic E-state index is 12.4. The summed E-state index contributed by atoms with van der Waals surface area (Å²) in [4.78, 5) is 11.7. The van der Waals surface area contributed by atoms with Gasteiger partial charge in [0.25, 0.3) is 0 Å². The minimum Gasteiger partial charge on any atom is -0.352 e. The van der Waals surface area contributed by atoms with Crippen molar-refractivity contribution in [1.82, 2.24) is 5.32 Å². The van der Waals surface area contributed by atoms with Crippen molar-refractivity contribution < 1.29 is 18.0 Å². The van der Waals surface area contributed by atoms with Crippen molar-refractivity contribution in [2.75, 3.05) is 0 Å². The molecule has 1 atom stereocenters. The van der Waals surface area contributed by atoms with Crippen LogP contribution in [0.25, 0.3) is 0 Å². The highest BCUT2D eigenvalue weighted by atomic mass is 19.4. The van der Waals surface area contributed by atoms with Crippen LogP contribution in [0.1, 0.15) is 31.9 Å². The molecule has 1 amide bonds. The van der Waals surface area contributed by atoms with Crippen molar-refractivity contribution in [1.29, 1.82) is 0 Å². The Morgan fingerprint density at radius 2 is 1.75 bits per heavy atom. The fourth-order valence-corrected chi connectivity index (χ4v) is 1.64. The number of benzene rings is 1. The van der Waals surface area contributed by atoms with Gasteiger partial charge in [-0.15, -0.1) is 0 Å². The molecule has 0 aliphatic rings. The first-order valence-corrected chi connectivity index (χ1v) is 6.26. The largest absolute Gasteiger partial charge is 0.416 e. The van der Waals surface area contributed by atoms with Gasteiger partial charge in [0.1, 0.15) is 0 Å². The number of hydrogen-bond acceptors (Lipinski definition) is 2. The van der Waals surface area contributed by atoms with Gasteiger partial charge in [-0.05, 0) is 44.9 Å². The van der Waals surface area contributed by atoms with Crippen LogP contribution in [0.15, 0.2) is 24.3 Å². The first-order valence-electron chi connectivity index (χ1n) is 6.26. The van der Waals surface area contributed by atoms with Gasteiger partial charge in [-0.3, -0.25) is 4.79 Å². The maximum Gasteiger partial charge on any atom is 0.416 e. The smallest absolute Gasteiger partial charge is 0.352 e. The minimum absolute atomic E-state index is 0.206. The van der Waals surface area contributed by atoms with Crippen LogP contribution in [0.3, 0.4) is 0 Å². The number of alkyl halides is 3. The van der Waals surface area contributed by atoms with E-state index in [2.05, 4.69) is 5.32 Å². The lowest BCUT2D eigenvalue weighted by Crippen LogP contribution is -2.51. The summed E-state index contributed by atoms with van der Waals surface area (Å²) >= 11 is 0. The maximum absolute atomic E-state index is 12.4. The standard InChI is InChI=1S/C14H19F3N2O/c1-9(19-12(20)13(2,3)18)8-10-4-6-11(7-5-10)14(15,16)17/h4-7,9H,8,18H2,1-3H3,(H,19,20). The Morgan fingerprint density at radius 1 is 1.25 bits per heavy atom. The molecule has 1 unspecified atom stereocenters. The number of nitrogens with one attached hydrogen (secondary N) is 1. The first kappa shape index (κ1) is 16.5. The molecule has 0 saturated carbocycles. The molecule has 0 fully saturated rings. The van der Waals surface area contributed by atoms with E-state index in [0.717, 1.165) is 17.7 Å². The monoisotopic (exact) mass is 288 g/mol. The van der Waals surface area contributed by atoms with Gasteiger partial charge in [0.2, 0.25) is 5.91 Å². The van der Waals surface area contributed by atoms with Gasteiger partial charge in [-0.1, -0.05) is 12.1 Å². The second-order valence-electron chi connectivity index (χ2n) is 5.50. The van der Waals surface area contributed by atoms with Gasteiger partial charge in [-0.2, -0.15) is 13.2 Å². The molecule has 112 valence electrons. The summed E-state index contributed by atoms with van der Waals surface area (Å²) < 4.78 is 37.2. The zero-order valence-electron chi connectivity index (χ0n) is 11.7. The van der Waals surface area contributed by atoms with Gasteiger partial charge >= 0.3 is 6.18 Å². The average molecular weight is 288 g/mol. The molecule has 0 spiro atoms. The zero-order valence-corrected chi connectivity index (χ0v) is 11.7. The molecule has 20 heavy (non-hydrogen) atoms. The van der Waals surface area contributed by atoms with E-state index in [1.165, 1.54) is 12.1 Å². The lowest BCUT2D eigenvalue weighted by Gasteiger charge is -2.22. The summed E-state index contributed by atoms with van der Waals surface area (Å²) in [5, 5.41) is 2.73. The number of carbonyl (C=O) groups excluding carboxylic acids is 1. The summed E-state index contributed by atoms with van der Waals surface area (Å²) in [5.74, 6) is -0.295. The molecule has 3 nitrogen and oxygen atoms in total. The van der Waals surface area contributed by atoms with E-state index in [0.29, 0.717) is 6.42 Å². The van der Waals surface area contributed by atoms with E-state index in [1.54, 1.807) is 20.8 Å². The minimum atomic E-state index is -4.33. The second-order valence-corrected chi connectivity index (χ2v) is 5.50. The molecule has 6 heteroatoms. The molecule has 0 heterocycles. The van der Waals surface area contributed by atoms with Gasteiger partial charge in [0.05, 0.1) is 11.1 Å². The predicted molar refractivity (Wildman–Crippen MR) is 71.0 cm³/mol. The quantitative estimate of drug-likeness (QED) is 0.894. The number of amides is 1. The third kappa shape index (κ3) is 4.85.